The maximum Gasteiger partial charge on any atom is 0.231 e. The van der Waals surface area contributed by atoms with Crippen molar-refractivity contribution < 1.29 is 9.18 Å². The Balaban J connectivity index is 2.17. The van der Waals surface area contributed by atoms with Crippen LogP contribution in [0.15, 0.2) is 22.7 Å². The van der Waals surface area contributed by atoms with E-state index in [9.17, 15) is 9.18 Å². The predicted octanol–water partition coefficient (Wildman–Crippen LogP) is 3.44. The number of benzene rings is 1. The molecule has 3 N–H and O–H groups in total. The lowest BCUT2D eigenvalue weighted by Crippen LogP contribution is -2.43. The SMILES string of the molecule is NCC1(C(=O)Nc2cc(F)ccc2Br)CCCCC1. The van der Waals surface area contributed by atoms with Gasteiger partial charge in [0.25, 0.3) is 0 Å². The molecule has 1 aromatic rings. The Morgan fingerprint density at radius 1 is 1.37 bits per heavy atom. The summed E-state index contributed by atoms with van der Waals surface area (Å²) in [6.07, 6.45) is 4.81. The summed E-state index contributed by atoms with van der Waals surface area (Å²) < 4.78 is 13.9. The first-order chi connectivity index (χ1) is 9.07. The summed E-state index contributed by atoms with van der Waals surface area (Å²) >= 11 is 3.31. The molecule has 0 heterocycles. The summed E-state index contributed by atoms with van der Waals surface area (Å²) in [7, 11) is 0. The quantitative estimate of drug-likeness (QED) is 0.893. The normalized spacial score (nSPS) is 18.1. The minimum absolute atomic E-state index is 0.0963. The summed E-state index contributed by atoms with van der Waals surface area (Å²) in [6.45, 7) is 0.339. The summed E-state index contributed by atoms with van der Waals surface area (Å²) in [6, 6.07) is 4.25. The van der Waals surface area contributed by atoms with Crippen molar-refractivity contribution in [2.45, 2.75) is 32.1 Å². The second-order valence-corrected chi connectivity index (χ2v) is 5.98. The van der Waals surface area contributed by atoms with Gasteiger partial charge in [-0.2, -0.15) is 0 Å². The molecule has 1 aliphatic rings. The standard InChI is InChI=1S/C14H18BrFN2O/c15-11-5-4-10(16)8-12(11)18-13(19)14(9-17)6-2-1-3-7-14/h4-5,8H,1-3,6-7,9,17H2,(H,18,19). The van der Waals surface area contributed by atoms with Gasteiger partial charge in [-0.1, -0.05) is 19.3 Å². The van der Waals surface area contributed by atoms with Gasteiger partial charge in [0.05, 0.1) is 11.1 Å². The van der Waals surface area contributed by atoms with E-state index in [0.717, 1.165) is 32.1 Å². The van der Waals surface area contributed by atoms with E-state index in [4.69, 9.17) is 5.73 Å². The first-order valence-electron chi connectivity index (χ1n) is 6.54. The molecule has 5 heteroatoms. The third kappa shape index (κ3) is 3.15. The lowest BCUT2D eigenvalue weighted by atomic mass is 9.73. The molecule has 0 aliphatic heterocycles. The second kappa shape index (κ2) is 6.01. The van der Waals surface area contributed by atoms with E-state index in [1.54, 1.807) is 6.07 Å². The Hall–Kier alpha value is -0.940. The molecule has 1 saturated carbocycles. The number of halogens is 2. The maximum atomic E-state index is 13.2. The third-order valence-electron chi connectivity index (χ3n) is 3.86. The molecule has 1 aliphatic carbocycles. The van der Waals surface area contributed by atoms with Crippen molar-refractivity contribution in [1.29, 1.82) is 0 Å². The van der Waals surface area contributed by atoms with Crippen LogP contribution in [-0.2, 0) is 4.79 Å². The summed E-state index contributed by atoms with van der Waals surface area (Å²) in [5.41, 5.74) is 5.78. The highest BCUT2D eigenvalue weighted by molar-refractivity contribution is 9.10. The van der Waals surface area contributed by atoms with Gasteiger partial charge in [0.2, 0.25) is 5.91 Å². The molecular weight excluding hydrogens is 311 g/mol. The van der Waals surface area contributed by atoms with Gasteiger partial charge in [0, 0.05) is 11.0 Å². The minimum Gasteiger partial charge on any atom is -0.329 e. The number of hydrogen-bond donors (Lipinski definition) is 2. The van der Waals surface area contributed by atoms with Crippen molar-refractivity contribution >= 4 is 27.5 Å². The number of nitrogens with two attached hydrogens (primary N) is 1. The van der Waals surface area contributed by atoms with E-state index in [1.807, 2.05) is 0 Å². The van der Waals surface area contributed by atoms with Crippen molar-refractivity contribution in [3.05, 3.63) is 28.5 Å². The minimum atomic E-state index is -0.496. The first-order valence-corrected chi connectivity index (χ1v) is 7.33. The van der Waals surface area contributed by atoms with Crippen LogP contribution in [0.5, 0.6) is 0 Å². The molecule has 0 saturated heterocycles. The molecule has 3 nitrogen and oxygen atoms in total. The van der Waals surface area contributed by atoms with Crippen LogP contribution in [0.2, 0.25) is 0 Å². The molecule has 1 fully saturated rings. The van der Waals surface area contributed by atoms with E-state index in [1.165, 1.54) is 12.1 Å². The molecular formula is C14H18BrFN2O. The molecule has 1 aromatic carbocycles. The molecule has 0 atom stereocenters. The Morgan fingerprint density at radius 2 is 2.05 bits per heavy atom. The van der Waals surface area contributed by atoms with Crippen molar-refractivity contribution in [3.63, 3.8) is 0 Å². The smallest absolute Gasteiger partial charge is 0.231 e. The summed E-state index contributed by atoms with van der Waals surface area (Å²) in [4.78, 5) is 12.4. The zero-order valence-electron chi connectivity index (χ0n) is 10.7. The van der Waals surface area contributed by atoms with Crippen LogP contribution in [0.25, 0.3) is 0 Å². The lowest BCUT2D eigenvalue weighted by molar-refractivity contribution is -0.126. The molecule has 2 rings (SSSR count). The monoisotopic (exact) mass is 328 g/mol. The summed E-state index contributed by atoms with van der Waals surface area (Å²) in [5, 5.41) is 2.81. The zero-order valence-corrected chi connectivity index (χ0v) is 12.3. The Kier molecular flexibility index (Phi) is 4.58. The predicted molar refractivity (Wildman–Crippen MR) is 77.3 cm³/mol. The largest absolute Gasteiger partial charge is 0.329 e. The highest BCUT2D eigenvalue weighted by Gasteiger charge is 2.38. The van der Waals surface area contributed by atoms with Crippen LogP contribution in [0.1, 0.15) is 32.1 Å². The zero-order chi connectivity index (χ0) is 13.9. The number of nitrogens with one attached hydrogen (secondary N) is 1. The van der Waals surface area contributed by atoms with Crippen molar-refractivity contribution in [2.24, 2.45) is 11.1 Å². The topological polar surface area (TPSA) is 55.1 Å². The fourth-order valence-corrected chi connectivity index (χ4v) is 2.95. The molecule has 104 valence electrons. The number of carbonyl (C=O) groups is 1. The average molecular weight is 329 g/mol. The number of anilines is 1. The number of amides is 1. The Labute approximate surface area is 120 Å². The van der Waals surface area contributed by atoms with Crippen LogP contribution >= 0.6 is 15.9 Å². The van der Waals surface area contributed by atoms with Gasteiger partial charge in [-0.3, -0.25) is 4.79 Å². The molecule has 0 bridgehead atoms. The second-order valence-electron chi connectivity index (χ2n) is 5.12. The van der Waals surface area contributed by atoms with Crippen molar-refractivity contribution in [1.82, 2.24) is 0 Å². The van der Waals surface area contributed by atoms with Gasteiger partial charge >= 0.3 is 0 Å². The lowest BCUT2D eigenvalue weighted by Gasteiger charge is -2.34. The number of hydrogen-bond acceptors (Lipinski definition) is 2. The van der Waals surface area contributed by atoms with E-state index in [2.05, 4.69) is 21.2 Å². The third-order valence-corrected chi connectivity index (χ3v) is 4.55. The van der Waals surface area contributed by atoms with Crippen molar-refractivity contribution in [3.8, 4) is 0 Å². The van der Waals surface area contributed by atoms with E-state index < -0.39 is 5.41 Å². The van der Waals surface area contributed by atoms with Crippen molar-refractivity contribution in [2.75, 3.05) is 11.9 Å². The molecule has 19 heavy (non-hydrogen) atoms. The highest BCUT2D eigenvalue weighted by Crippen LogP contribution is 2.37. The van der Waals surface area contributed by atoms with Gasteiger partial charge in [-0.15, -0.1) is 0 Å². The fourth-order valence-electron chi connectivity index (χ4n) is 2.60. The summed E-state index contributed by atoms with van der Waals surface area (Å²) in [5.74, 6) is -0.468. The van der Waals surface area contributed by atoms with Gasteiger partial charge in [-0.25, -0.2) is 4.39 Å². The molecule has 0 spiro atoms. The van der Waals surface area contributed by atoms with Crippen LogP contribution in [0.4, 0.5) is 10.1 Å². The van der Waals surface area contributed by atoms with Crippen LogP contribution in [0, 0.1) is 11.2 Å². The van der Waals surface area contributed by atoms with E-state index in [0.29, 0.717) is 16.7 Å². The van der Waals surface area contributed by atoms with Gasteiger partial charge in [-0.05, 0) is 47.0 Å². The highest BCUT2D eigenvalue weighted by atomic mass is 79.9. The molecule has 0 radical (unpaired) electrons. The van der Waals surface area contributed by atoms with Crippen LogP contribution in [0.3, 0.4) is 0 Å². The maximum absolute atomic E-state index is 13.2. The van der Waals surface area contributed by atoms with E-state index in [-0.39, 0.29) is 11.7 Å². The van der Waals surface area contributed by atoms with E-state index >= 15 is 0 Å². The van der Waals surface area contributed by atoms with Gasteiger partial charge < -0.3 is 11.1 Å². The molecule has 0 unspecified atom stereocenters. The van der Waals surface area contributed by atoms with Crippen LogP contribution in [-0.4, -0.2) is 12.5 Å². The van der Waals surface area contributed by atoms with Gasteiger partial charge in [0.15, 0.2) is 0 Å². The fraction of sp³-hybridized carbons (Fsp3) is 0.500. The Bertz CT molecular complexity index is 473. The molecule has 1 amide bonds. The van der Waals surface area contributed by atoms with Crippen LogP contribution < -0.4 is 11.1 Å². The first kappa shape index (κ1) is 14.5. The number of rotatable bonds is 3. The number of carbonyl (C=O) groups excluding carboxylic acids is 1. The Morgan fingerprint density at radius 3 is 2.68 bits per heavy atom. The molecule has 0 aromatic heterocycles. The average Bonchev–Trinajstić information content (AvgIpc) is 2.43. The van der Waals surface area contributed by atoms with Gasteiger partial charge in [0.1, 0.15) is 5.82 Å².